The van der Waals surface area contributed by atoms with Crippen LogP contribution in [0.3, 0.4) is 0 Å². The van der Waals surface area contributed by atoms with E-state index in [4.69, 9.17) is 4.74 Å². The number of nitrogens with zero attached hydrogens (tertiary/aromatic N) is 1. The molecule has 2 rings (SSSR count). The predicted octanol–water partition coefficient (Wildman–Crippen LogP) is 1.45. The molecule has 0 unspecified atom stereocenters. The summed E-state index contributed by atoms with van der Waals surface area (Å²) >= 11 is 0. The number of hydrogen-bond acceptors (Lipinski definition) is 5. The van der Waals surface area contributed by atoms with E-state index in [0.717, 1.165) is 44.7 Å². The Kier molecular flexibility index (Phi) is 9.53. The van der Waals surface area contributed by atoms with Crippen LogP contribution in [-0.2, 0) is 16.1 Å². The summed E-state index contributed by atoms with van der Waals surface area (Å²) < 4.78 is 5.09. The number of ether oxygens (including phenoxy) is 1. The van der Waals surface area contributed by atoms with Crippen molar-refractivity contribution in [1.82, 2.24) is 20.9 Å². The molecule has 7 heteroatoms. The van der Waals surface area contributed by atoms with Crippen LogP contribution in [0.4, 0.5) is 4.79 Å². The van der Waals surface area contributed by atoms with Gasteiger partial charge in [0.25, 0.3) is 0 Å². The molecule has 1 aromatic rings. The average Bonchev–Trinajstić information content (AvgIpc) is 2.68. The number of carbonyl (C=O) groups is 2. The zero-order valence-corrected chi connectivity index (χ0v) is 15.3. The van der Waals surface area contributed by atoms with Crippen LogP contribution in [0.25, 0.3) is 0 Å². The van der Waals surface area contributed by atoms with Gasteiger partial charge in [0.15, 0.2) is 0 Å². The normalized spacial score (nSPS) is 14.6. The van der Waals surface area contributed by atoms with Gasteiger partial charge in [0.2, 0.25) is 5.91 Å². The molecular formula is C19H30N4O3. The summed E-state index contributed by atoms with van der Waals surface area (Å²) in [7, 11) is 0. The Morgan fingerprint density at radius 2 is 1.96 bits per heavy atom. The molecule has 2 amide bonds. The first kappa shape index (κ1) is 20.2. The van der Waals surface area contributed by atoms with E-state index in [1.807, 2.05) is 30.3 Å². The molecule has 7 nitrogen and oxygen atoms in total. The monoisotopic (exact) mass is 362 g/mol. The van der Waals surface area contributed by atoms with Gasteiger partial charge in [-0.2, -0.15) is 0 Å². The van der Waals surface area contributed by atoms with Gasteiger partial charge >= 0.3 is 6.09 Å². The fraction of sp³-hybridized carbons (Fsp3) is 0.579. The van der Waals surface area contributed by atoms with Crippen LogP contribution < -0.4 is 16.0 Å². The number of rotatable bonds is 10. The van der Waals surface area contributed by atoms with Crippen LogP contribution in [0.1, 0.15) is 31.2 Å². The van der Waals surface area contributed by atoms with E-state index in [1.54, 1.807) is 0 Å². The van der Waals surface area contributed by atoms with Gasteiger partial charge in [-0.1, -0.05) is 30.3 Å². The first-order valence-electron chi connectivity index (χ1n) is 9.38. The maximum absolute atomic E-state index is 11.7. The van der Waals surface area contributed by atoms with Crippen molar-refractivity contribution in [3.63, 3.8) is 0 Å². The minimum atomic E-state index is -0.503. The molecule has 0 bridgehead atoms. The van der Waals surface area contributed by atoms with Crippen molar-refractivity contribution in [3.8, 4) is 0 Å². The van der Waals surface area contributed by atoms with E-state index in [1.165, 1.54) is 6.42 Å². The summed E-state index contributed by atoms with van der Waals surface area (Å²) in [6.07, 6.45) is 3.01. The standard InChI is InChI=1S/C19H30N4O3/c24-18(21-11-4-5-13-23-14-6-10-20-16-23)9-12-22-19(25)26-15-17-7-2-1-3-8-17/h1-3,7-8,20H,4-6,9-16H2,(H,21,24)(H,22,25). The average molecular weight is 362 g/mol. The summed E-state index contributed by atoms with van der Waals surface area (Å²) in [5.41, 5.74) is 0.931. The third kappa shape index (κ3) is 8.82. The topological polar surface area (TPSA) is 82.7 Å². The molecule has 1 fully saturated rings. The van der Waals surface area contributed by atoms with Gasteiger partial charge in [-0.15, -0.1) is 0 Å². The van der Waals surface area contributed by atoms with Crippen LogP contribution in [0.5, 0.6) is 0 Å². The number of alkyl carbamates (subject to hydrolysis) is 1. The van der Waals surface area contributed by atoms with Gasteiger partial charge < -0.3 is 20.7 Å². The van der Waals surface area contributed by atoms with Gasteiger partial charge in [0, 0.05) is 32.7 Å². The van der Waals surface area contributed by atoms with Crippen molar-refractivity contribution in [2.24, 2.45) is 0 Å². The molecule has 0 spiro atoms. The fourth-order valence-corrected chi connectivity index (χ4v) is 2.76. The van der Waals surface area contributed by atoms with E-state index in [-0.39, 0.29) is 25.5 Å². The lowest BCUT2D eigenvalue weighted by Crippen LogP contribution is -2.42. The number of nitrogens with one attached hydrogen (secondary N) is 3. The number of unbranched alkanes of at least 4 members (excludes halogenated alkanes) is 1. The van der Waals surface area contributed by atoms with Gasteiger partial charge in [-0.25, -0.2) is 4.79 Å². The molecule has 0 atom stereocenters. The SMILES string of the molecule is O=C(CCNC(=O)OCc1ccccc1)NCCCCN1CCCNC1. The van der Waals surface area contributed by atoms with E-state index in [0.29, 0.717) is 6.54 Å². The highest BCUT2D eigenvalue weighted by atomic mass is 16.5. The molecule has 1 aliphatic heterocycles. The third-order valence-corrected chi connectivity index (χ3v) is 4.22. The molecule has 144 valence electrons. The number of hydrogen-bond donors (Lipinski definition) is 3. The van der Waals surface area contributed by atoms with Gasteiger partial charge in [0.05, 0.1) is 0 Å². The minimum absolute atomic E-state index is 0.0481. The van der Waals surface area contributed by atoms with Crippen molar-refractivity contribution in [1.29, 1.82) is 0 Å². The summed E-state index contributed by atoms with van der Waals surface area (Å²) in [4.78, 5) is 25.7. The molecule has 3 N–H and O–H groups in total. The molecule has 0 aromatic heterocycles. The van der Waals surface area contributed by atoms with Crippen molar-refractivity contribution in [2.75, 3.05) is 39.4 Å². The molecule has 26 heavy (non-hydrogen) atoms. The lowest BCUT2D eigenvalue weighted by atomic mass is 10.2. The van der Waals surface area contributed by atoms with Gasteiger partial charge in [-0.3, -0.25) is 9.69 Å². The van der Waals surface area contributed by atoms with Crippen LogP contribution in [0.15, 0.2) is 30.3 Å². The zero-order chi connectivity index (χ0) is 18.5. The van der Waals surface area contributed by atoms with Crippen molar-refractivity contribution >= 4 is 12.0 Å². The highest BCUT2D eigenvalue weighted by Gasteiger charge is 2.08. The molecule has 1 aliphatic rings. The van der Waals surface area contributed by atoms with Gasteiger partial charge in [0.1, 0.15) is 6.61 Å². The summed E-state index contributed by atoms with van der Waals surface area (Å²) in [5.74, 6) is -0.0481. The van der Waals surface area contributed by atoms with Crippen LogP contribution in [0.2, 0.25) is 0 Å². The Bertz CT molecular complexity index is 533. The number of benzene rings is 1. The van der Waals surface area contributed by atoms with E-state index in [2.05, 4.69) is 20.9 Å². The van der Waals surface area contributed by atoms with Gasteiger partial charge in [-0.05, 0) is 37.9 Å². The van der Waals surface area contributed by atoms with Crippen molar-refractivity contribution < 1.29 is 14.3 Å². The highest BCUT2D eigenvalue weighted by molar-refractivity contribution is 5.76. The first-order chi connectivity index (χ1) is 12.7. The van der Waals surface area contributed by atoms with Crippen LogP contribution in [-0.4, -0.2) is 56.3 Å². The minimum Gasteiger partial charge on any atom is -0.445 e. The molecule has 0 saturated carbocycles. The molecule has 1 saturated heterocycles. The second-order valence-electron chi connectivity index (χ2n) is 6.43. The van der Waals surface area contributed by atoms with E-state index >= 15 is 0 Å². The number of amides is 2. The molecule has 0 radical (unpaired) electrons. The molecular weight excluding hydrogens is 332 g/mol. The maximum Gasteiger partial charge on any atom is 0.407 e. The Hall–Kier alpha value is -2.12. The Balaban J connectivity index is 1.42. The quantitative estimate of drug-likeness (QED) is 0.549. The summed E-state index contributed by atoms with van der Waals surface area (Å²) in [6.45, 7) is 5.49. The zero-order valence-electron chi connectivity index (χ0n) is 15.3. The Labute approximate surface area is 155 Å². The second-order valence-corrected chi connectivity index (χ2v) is 6.43. The Morgan fingerprint density at radius 1 is 1.12 bits per heavy atom. The molecule has 1 aromatic carbocycles. The third-order valence-electron chi connectivity index (χ3n) is 4.22. The molecule has 0 aliphatic carbocycles. The van der Waals surface area contributed by atoms with E-state index < -0.39 is 6.09 Å². The van der Waals surface area contributed by atoms with E-state index in [9.17, 15) is 9.59 Å². The lowest BCUT2D eigenvalue weighted by Gasteiger charge is -2.27. The highest BCUT2D eigenvalue weighted by Crippen LogP contribution is 2.01. The Morgan fingerprint density at radius 3 is 2.73 bits per heavy atom. The lowest BCUT2D eigenvalue weighted by molar-refractivity contribution is -0.120. The summed E-state index contributed by atoms with van der Waals surface area (Å²) in [6, 6.07) is 9.48. The number of carbonyl (C=O) groups excluding carboxylic acids is 2. The van der Waals surface area contributed by atoms with Crippen molar-refractivity contribution in [3.05, 3.63) is 35.9 Å². The largest absolute Gasteiger partial charge is 0.445 e. The predicted molar refractivity (Wildman–Crippen MR) is 101 cm³/mol. The van der Waals surface area contributed by atoms with Crippen LogP contribution in [0, 0.1) is 0 Å². The van der Waals surface area contributed by atoms with Crippen molar-refractivity contribution in [2.45, 2.75) is 32.3 Å². The molecule has 1 heterocycles. The first-order valence-corrected chi connectivity index (χ1v) is 9.38. The fourth-order valence-electron chi connectivity index (χ4n) is 2.76. The van der Waals surface area contributed by atoms with Crippen LogP contribution >= 0.6 is 0 Å². The smallest absolute Gasteiger partial charge is 0.407 e. The second kappa shape index (κ2) is 12.3. The maximum atomic E-state index is 11.7. The summed E-state index contributed by atoms with van der Waals surface area (Å²) in [5, 5.41) is 8.84.